The molecule has 27 heavy (non-hydrogen) atoms. The van der Waals surface area contributed by atoms with Crippen molar-refractivity contribution in [1.82, 2.24) is 24.8 Å². The third-order valence-corrected chi connectivity index (χ3v) is 6.22. The molecule has 5 N–H and O–H groups in total. The van der Waals surface area contributed by atoms with Gasteiger partial charge in [0.15, 0.2) is 0 Å². The van der Waals surface area contributed by atoms with Crippen LogP contribution in [0, 0.1) is 12.8 Å². The van der Waals surface area contributed by atoms with E-state index in [0.717, 1.165) is 4.31 Å². The van der Waals surface area contributed by atoms with E-state index in [2.05, 4.69) is 20.5 Å². The number of amides is 2. The Kier molecular flexibility index (Phi) is 6.89. The average molecular weight is 402 g/mol. The van der Waals surface area contributed by atoms with Gasteiger partial charge in [-0.15, -0.1) is 5.10 Å². The highest BCUT2D eigenvalue weighted by Gasteiger charge is 2.35. The van der Waals surface area contributed by atoms with Crippen molar-refractivity contribution in [2.45, 2.75) is 56.8 Å². The molecule has 1 aliphatic heterocycles. The number of hydrogen-bond acceptors (Lipinski definition) is 7. The van der Waals surface area contributed by atoms with E-state index in [0.29, 0.717) is 25.1 Å². The lowest BCUT2D eigenvalue weighted by molar-refractivity contribution is -0.124. The summed E-state index contributed by atoms with van der Waals surface area (Å²) in [4.78, 5) is 26.9. The molecule has 11 nitrogen and oxygen atoms in total. The molecule has 1 aromatic rings. The van der Waals surface area contributed by atoms with E-state index in [1.54, 1.807) is 13.8 Å². The van der Waals surface area contributed by atoms with Gasteiger partial charge in [-0.25, -0.2) is 13.4 Å². The minimum Gasteiger partial charge on any atom is -0.390 e. The highest BCUT2D eigenvalue weighted by Crippen LogP contribution is 2.19. The van der Waals surface area contributed by atoms with Crippen LogP contribution in [-0.2, 0) is 19.6 Å². The van der Waals surface area contributed by atoms with E-state index >= 15 is 0 Å². The fourth-order valence-electron chi connectivity index (χ4n) is 2.82. The second-order valence-electron chi connectivity index (χ2n) is 6.79. The van der Waals surface area contributed by atoms with Crippen molar-refractivity contribution in [2.24, 2.45) is 11.7 Å². The van der Waals surface area contributed by atoms with E-state index in [9.17, 15) is 23.1 Å². The fraction of sp³-hybridized carbons (Fsp3) is 0.733. The van der Waals surface area contributed by atoms with Crippen molar-refractivity contribution >= 4 is 21.8 Å². The molecule has 1 aliphatic rings. The van der Waals surface area contributed by atoms with Crippen LogP contribution in [0.15, 0.2) is 5.16 Å². The number of nitrogens with one attached hydrogen (secondary N) is 2. The number of aliphatic hydroxyl groups excluding tert-OH is 1. The number of carbonyl (C=O) groups excluding carboxylic acids is 2. The Hall–Kier alpha value is -2.05. The number of nitrogens with zero attached hydrogens (tertiary/aromatic N) is 3. The summed E-state index contributed by atoms with van der Waals surface area (Å²) in [6, 6.07) is -0.574. The fourth-order valence-corrected chi connectivity index (χ4v) is 4.18. The highest BCUT2D eigenvalue weighted by atomic mass is 32.2. The smallest absolute Gasteiger partial charge is 0.282 e. The maximum atomic E-state index is 12.6. The zero-order valence-electron chi connectivity index (χ0n) is 15.4. The quantitative estimate of drug-likeness (QED) is 0.436. The Morgan fingerprint density at radius 1 is 1.48 bits per heavy atom. The molecule has 0 aliphatic carbocycles. The Morgan fingerprint density at radius 3 is 2.78 bits per heavy atom. The lowest BCUT2D eigenvalue weighted by Crippen LogP contribution is -2.47. The Balaban J connectivity index is 1.96. The average Bonchev–Trinajstić information content (AvgIpc) is 2.95. The first-order chi connectivity index (χ1) is 12.6. The molecule has 3 atom stereocenters. The van der Waals surface area contributed by atoms with Gasteiger partial charge in [0, 0.05) is 25.4 Å². The first kappa shape index (κ1) is 21.3. The number of rotatable bonds is 7. The number of sulfonamides is 1. The monoisotopic (exact) mass is 402 g/mol. The summed E-state index contributed by atoms with van der Waals surface area (Å²) >= 11 is 0. The van der Waals surface area contributed by atoms with Crippen LogP contribution in [0.5, 0.6) is 0 Å². The number of β-amino-alcohol motifs (C(OH)–C–C–N with tert-alkyl or cyclic N) is 1. The van der Waals surface area contributed by atoms with Gasteiger partial charge in [0.2, 0.25) is 11.8 Å². The van der Waals surface area contributed by atoms with Crippen molar-refractivity contribution in [1.29, 1.82) is 0 Å². The predicted molar refractivity (Wildman–Crippen MR) is 94.6 cm³/mol. The molecule has 0 saturated carbocycles. The molecule has 0 radical (unpaired) electrons. The molecule has 0 bridgehead atoms. The first-order valence-corrected chi connectivity index (χ1v) is 10.2. The van der Waals surface area contributed by atoms with E-state index in [1.807, 2.05) is 0 Å². The number of primary amides is 1. The van der Waals surface area contributed by atoms with Gasteiger partial charge < -0.3 is 16.2 Å². The molecule has 2 amide bonds. The van der Waals surface area contributed by atoms with Gasteiger partial charge in [0.05, 0.1) is 12.1 Å². The lowest BCUT2D eigenvalue weighted by atomic mass is 10.0. The van der Waals surface area contributed by atoms with Crippen LogP contribution in [0.25, 0.3) is 0 Å². The predicted octanol–water partition coefficient (Wildman–Crippen LogP) is -1.36. The molecule has 12 heteroatoms. The van der Waals surface area contributed by atoms with Crippen molar-refractivity contribution in [3.05, 3.63) is 5.82 Å². The number of H-pyrrole nitrogens is 1. The van der Waals surface area contributed by atoms with E-state index in [4.69, 9.17) is 5.73 Å². The summed E-state index contributed by atoms with van der Waals surface area (Å²) in [5.41, 5.74) is 5.17. The van der Waals surface area contributed by atoms with Crippen LogP contribution in [0.2, 0.25) is 0 Å². The molecular weight excluding hydrogens is 376 g/mol. The van der Waals surface area contributed by atoms with E-state index in [-0.39, 0.29) is 30.6 Å². The summed E-state index contributed by atoms with van der Waals surface area (Å²) in [5, 5.41) is 19.0. The minimum absolute atomic E-state index is 0.103. The number of aromatic nitrogens is 3. The SMILES string of the molecule is Cc1nc(S(=O)(=O)N2CCCC(NC(=O)CCC(C)C(N)=O)[C@@H](O)C2)n[nH]1. The number of carbonyl (C=O) groups is 2. The van der Waals surface area contributed by atoms with Gasteiger partial charge in [-0.2, -0.15) is 4.31 Å². The Labute approximate surface area is 157 Å². The van der Waals surface area contributed by atoms with Crippen LogP contribution in [0.3, 0.4) is 0 Å². The van der Waals surface area contributed by atoms with Gasteiger partial charge in [-0.1, -0.05) is 6.92 Å². The van der Waals surface area contributed by atoms with Crippen molar-refractivity contribution in [3.8, 4) is 0 Å². The molecule has 2 rings (SSSR count). The van der Waals surface area contributed by atoms with Crippen molar-refractivity contribution < 1.29 is 23.1 Å². The third-order valence-electron chi connectivity index (χ3n) is 4.56. The lowest BCUT2D eigenvalue weighted by Gasteiger charge is -2.24. The minimum atomic E-state index is -3.92. The molecule has 1 fully saturated rings. The molecular formula is C15H26N6O5S. The second kappa shape index (κ2) is 8.76. The zero-order valence-corrected chi connectivity index (χ0v) is 16.2. The Morgan fingerprint density at radius 2 is 2.19 bits per heavy atom. The van der Waals surface area contributed by atoms with Crippen LogP contribution in [-0.4, -0.2) is 70.1 Å². The topological polar surface area (TPSA) is 171 Å². The molecule has 2 unspecified atom stereocenters. The van der Waals surface area contributed by atoms with E-state index in [1.165, 1.54) is 0 Å². The maximum Gasteiger partial charge on any atom is 0.282 e. The largest absolute Gasteiger partial charge is 0.390 e. The van der Waals surface area contributed by atoms with Gasteiger partial charge in [0.25, 0.3) is 15.2 Å². The molecule has 0 spiro atoms. The number of aromatic amines is 1. The highest BCUT2D eigenvalue weighted by molar-refractivity contribution is 7.88. The van der Waals surface area contributed by atoms with Crippen molar-refractivity contribution in [3.63, 3.8) is 0 Å². The molecule has 2 heterocycles. The second-order valence-corrected chi connectivity index (χ2v) is 8.62. The van der Waals surface area contributed by atoms with E-state index < -0.39 is 34.0 Å². The van der Waals surface area contributed by atoms with Crippen LogP contribution in [0.1, 0.15) is 38.4 Å². The maximum absolute atomic E-state index is 12.6. The van der Waals surface area contributed by atoms with Crippen molar-refractivity contribution in [2.75, 3.05) is 13.1 Å². The van der Waals surface area contributed by atoms with Gasteiger partial charge >= 0.3 is 0 Å². The summed E-state index contributed by atoms with van der Waals surface area (Å²) in [5.74, 6) is -0.826. The molecule has 1 aromatic heterocycles. The van der Waals surface area contributed by atoms with Gasteiger partial charge in [-0.3, -0.25) is 14.7 Å². The first-order valence-electron chi connectivity index (χ1n) is 8.77. The number of hydrogen-bond donors (Lipinski definition) is 4. The summed E-state index contributed by atoms with van der Waals surface area (Å²) in [6.07, 6.45) is 0.236. The summed E-state index contributed by atoms with van der Waals surface area (Å²) in [6.45, 7) is 3.26. The van der Waals surface area contributed by atoms with Crippen LogP contribution < -0.4 is 11.1 Å². The van der Waals surface area contributed by atoms with Gasteiger partial charge in [-0.05, 0) is 26.2 Å². The number of nitrogens with two attached hydrogens (primary N) is 1. The third kappa shape index (κ3) is 5.47. The summed E-state index contributed by atoms with van der Waals surface area (Å²) < 4.78 is 26.3. The zero-order chi connectivity index (χ0) is 20.2. The van der Waals surface area contributed by atoms with Crippen LogP contribution >= 0.6 is 0 Å². The normalized spacial score (nSPS) is 22.8. The van der Waals surface area contributed by atoms with Crippen LogP contribution in [0.4, 0.5) is 0 Å². The number of aryl methyl sites for hydroxylation is 1. The molecule has 152 valence electrons. The standard InChI is InChI=1S/C15H26N6O5S/c1-9(14(16)24)5-6-13(23)18-11-4-3-7-21(8-12(11)22)27(25,26)15-17-10(2)19-20-15/h9,11-12,22H,3-8H2,1-2H3,(H2,16,24)(H,18,23)(H,17,19,20)/t9?,11?,12-/m0/s1. The Bertz CT molecular complexity index is 779. The number of aliphatic hydroxyl groups is 1. The summed E-state index contributed by atoms with van der Waals surface area (Å²) in [7, 11) is -3.92. The molecule has 0 aromatic carbocycles. The molecule has 1 saturated heterocycles. The van der Waals surface area contributed by atoms with Gasteiger partial charge in [0.1, 0.15) is 5.82 Å².